The summed E-state index contributed by atoms with van der Waals surface area (Å²) < 4.78 is 2.20. The number of nitrogens with one attached hydrogen (secondary N) is 1. The number of nitrogens with zero attached hydrogens (tertiary/aromatic N) is 4. The Morgan fingerprint density at radius 3 is 2.86 bits per heavy atom. The first-order chi connectivity index (χ1) is 13.6. The molecule has 0 saturated carbocycles. The summed E-state index contributed by atoms with van der Waals surface area (Å²) in [6.07, 6.45) is 8.43. The standard InChI is InChI=1S/C21H30N6O/c1-15-6-7-20(28)18(23-15)14-27-19-5-3-2-4-17(19)25-21(27)24-16-8-11-26(12-9-16)13-10-22/h2,4,6-7,16,28H,3,5,8-14,22H2,1H3,(H,24,25). The topological polar surface area (TPSA) is 92.2 Å². The maximum atomic E-state index is 10.3. The normalized spacial score (nSPS) is 17.6. The number of hydrogen-bond donors (Lipinski definition) is 3. The molecule has 4 rings (SSSR count). The number of anilines is 1. The number of rotatable bonds is 6. The molecule has 1 saturated heterocycles. The summed E-state index contributed by atoms with van der Waals surface area (Å²) in [7, 11) is 0. The number of aromatic nitrogens is 3. The Kier molecular flexibility index (Phi) is 5.64. The van der Waals surface area contributed by atoms with Gasteiger partial charge in [0, 0.05) is 43.6 Å². The highest BCUT2D eigenvalue weighted by molar-refractivity contribution is 5.55. The number of allylic oxidation sites excluding steroid dienone is 1. The molecule has 0 atom stereocenters. The van der Waals surface area contributed by atoms with E-state index in [1.807, 2.05) is 13.0 Å². The van der Waals surface area contributed by atoms with Crippen LogP contribution < -0.4 is 11.1 Å². The molecule has 0 amide bonds. The van der Waals surface area contributed by atoms with Crippen molar-refractivity contribution in [2.24, 2.45) is 5.73 Å². The van der Waals surface area contributed by atoms with Crippen molar-refractivity contribution in [3.8, 4) is 5.75 Å². The zero-order chi connectivity index (χ0) is 19.5. The van der Waals surface area contributed by atoms with Gasteiger partial charge in [0.05, 0.1) is 12.2 Å². The number of imidazole rings is 1. The number of nitrogens with two attached hydrogens (primary N) is 1. The van der Waals surface area contributed by atoms with E-state index in [1.54, 1.807) is 6.07 Å². The van der Waals surface area contributed by atoms with Gasteiger partial charge >= 0.3 is 0 Å². The fourth-order valence-corrected chi connectivity index (χ4v) is 4.13. The van der Waals surface area contributed by atoms with Crippen molar-refractivity contribution in [1.82, 2.24) is 19.4 Å². The quantitative estimate of drug-likeness (QED) is 0.709. The fourth-order valence-electron chi connectivity index (χ4n) is 4.13. The molecule has 0 radical (unpaired) electrons. The SMILES string of the molecule is Cc1ccc(O)c(Cn2c(NC3CCN(CCN)CC3)nc3c2CCC=C3)n1. The summed E-state index contributed by atoms with van der Waals surface area (Å²) in [6.45, 7) is 6.29. The van der Waals surface area contributed by atoms with Crippen LogP contribution in [0.3, 0.4) is 0 Å². The molecule has 0 bridgehead atoms. The van der Waals surface area contributed by atoms with E-state index in [2.05, 4.69) is 31.9 Å². The van der Waals surface area contributed by atoms with Crippen LogP contribution in [0.5, 0.6) is 5.75 Å². The van der Waals surface area contributed by atoms with Gasteiger partial charge in [0.25, 0.3) is 0 Å². The Bertz CT molecular complexity index is 851. The van der Waals surface area contributed by atoms with Crippen LogP contribution in [0.4, 0.5) is 5.95 Å². The number of likely N-dealkylation sites (tertiary alicyclic amines) is 1. The first-order valence-corrected chi connectivity index (χ1v) is 10.2. The molecular weight excluding hydrogens is 352 g/mol. The van der Waals surface area contributed by atoms with E-state index in [4.69, 9.17) is 10.7 Å². The predicted octanol–water partition coefficient (Wildman–Crippen LogP) is 2.13. The van der Waals surface area contributed by atoms with Crippen molar-refractivity contribution in [2.45, 2.75) is 45.2 Å². The Morgan fingerprint density at radius 1 is 1.25 bits per heavy atom. The zero-order valence-corrected chi connectivity index (χ0v) is 16.6. The summed E-state index contributed by atoms with van der Waals surface area (Å²) in [5.74, 6) is 1.12. The van der Waals surface area contributed by atoms with E-state index in [1.165, 1.54) is 5.69 Å². The van der Waals surface area contributed by atoms with Crippen LogP contribution in [0, 0.1) is 6.92 Å². The van der Waals surface area contributed by atoms with Gasteiger partial charge in [-0.1, -0.05) is 6.08 Å². The Morgan fingerprint density at radius 2 is 2.07 bits per heavy atom. The predicted molar refractivity (Wildman–Crippen MR) is 111 cm³/mol. The van der Waals surface area contributed by atoms with E-state index in [9.17, 15) is 5.11 Å². The van der Waals surface area contributed by atoms with Crippen molar-refractivity contribution >= 4 is 12.0 Å². The van der Waals surface area contributed by atoms with E-state index in [0.717, 1.165) is 62.7 Å². The smallest absolute Gasteiger partial charge is 0.204 e. The van der Waals surface area contributed by atoms with Gasteiger partial charge in [-0.3, -0.25) is 4.98 Å². The second-order valence-electron chi connectivity index (χ2n) is 7.76. The molecule has 3 heterocycles. The molecule has 2 aromatic heterocycles. The van der Waals surface area contributed by atoms with E-state index in [0.29, 0.717) is 24.8 Å². The monoisotopic (exact) mass is 382 g/mol. The van der Waals surface area contributed by atoms with Gasteiger partial charge < -0.3 is 25.6 Å². The van der Waals surface area contributed by atoms with Gasteiger partial charge in [0.1, 0.15) is 11.4 Å². The van der Waals surface area contributed by atoms with E-state index < -0.39 is 0 Å². The third-order valence-corrected chi connectivity index (χ3v) is 5.69. The van der Waals surface area contributed by atoms with Crippen LogP contribution in [0.2, 0.25) is 0 Å². The maximum Gasteiger partial charge on any atom is 0.204 e. The molecule has 28 heavy (non-hydrogen) atoms. The number of hydrogen-bond acceptors (Lipinski definition) is 6. The lowest BCUT2D eigenvalue weighted by molar-refractivity contribution is 0.224. The maximum absolute atomic E-state index is 10.3. The minimum absolute atomic E-state index is 0.237. The van der Waals surface area contributed by atoms with Gasteiger partial charge in [0.2, 0.25) is 5.95 Å². The lowest BCUT2D eigenvalue weighted by Gasteiger charge is -2.32. The average molecular weight is 383 g/mol. The molecule has 1 fully saturated rings. The van der Waals surface area contributed by atoms with Crippen LogP contribution in [0.1, 0.15) is 42.0 Å². The van der Waals surface area contributed by atoms with Crippen molar-refractivity contribution in [2.75, 3.05) is 31.5 Å². The molecule has 1 aliphatic carbocycles. The molecule has 1 aliphatic heterocycles. The molecule has 150 valence electrons. The van der Waals surface area contributed by atoms with Gasteiger partial charge in [-0.05, 0) is 50.8 Å². The molecule has 2 aliphatic rings. The summed E-state index contributed by atoms with van der Waals surface area (Å²) in [6, 6.07) is 3.96. The lowest BCUT2D eigenvalue weighted by atomic mass is 10.1. The van der Waals surface area contributed by atoms with Gasteiger partial charge in [0.15, 0.2) is 0 Å². The van der Waals surface area contributed by atoms with Gasteiger partial charge in [-0.2, -0.15) is 0 Å². The first kappa shape index (κ1) is 19.0. The van der Waals surface area contributed by atoms with Crippen LogP contribution >= 0.6 is 0 Å². The highest BCUT2D eigenvalue weighted by atomic mass is 16.3. The summed E-state index contributed by atoms with van der Waals surface area (Å²) >= 11 is 0. The summed E-state index contributed by atoms with van der Waals surface area (Å²) in [5, 5.41) is 14.0. The summed E-state index contributed by atoms with van der Waals surface area (Å²) in [4.78, 5) is 11.8. The molecule has 0 aromatic carbocycles. The number of aromatic hydroxyl groups is 1. The highest BCUT2D eigenvalue weighted by Gasteiger charge is 2.23. The molecule has 7 heteroatoms. The molecule has 0 unspecified atom stereocenters. The lowest BCUT2D eigenvalue weighted by Crippen LogP contribution is -2.41. The third kappa shape index (κ3) is 4.05. The second kappa shape index (κ2) is 8.32. The zero-order valence-electron chi connectivity index (χ0n) is 16.6. The highest BCUT2D eigenvalue weighted by Crippen LogP contribution is 2.27. The Hall–Kier alpha value is -2.38. The minimum atomic E-state index is 0.237. The Balaban J connectivity index is 1.56. The van der Waals surface area contributed by atoms with Gasteiger partial charge in [-0.25, -0.2) is 4.98 Å². The van der Waals surface area contributed by atoms with Crippen molar-refractivity contribution in [3.63, 3.8) is 0 Å². The Labute approximate surface area is 166 Å². The molecule has 2 aromatic rings. The van der Waals surface area contributed by atoms with Crippen LogP contribution in [0.15, 0.2) is 18.2 Å². The number of piperidine rings is 1. The number of pyridine rings is 1. The number of fused-ring (bicyclic) bond motifs is 1. The minimum Gasteiger partial charge on any atom is -0.506 e. The molecular formula is C21H30N6O. The summed E-state index contributed by atoms with van der Waals surface area (Å²) in [5.41, 5.74) is 9.53. The van der Waals surface area contributed by atoms with Crippen LogP contribution in [-0.4, -0.2) is 56.8 Å². The molecule has 4 N–H and O–H groups in total. The fraction of sp³-hybridized carbons (Fsp3) is 0.524. The second-order valence-corrected chi connectivity index (χ2v) is 7.76. The van der Waals surface area contributed by atoms with E-state index in [-0.39, 0.29) is 5.75 Å². The number of aryl methyl sites for hydroxylation is 1. The van der Waals surface area contributed by atoms with Crippen molar-refractivity contribution in [1.29, 1.82) is 0 Å². The van der Waals surface area contributed by atoms with Crippen molar-refractivity contribution in [3.05, 3.63) is 41.0 Å². The largest absolute Gasteiger partial charge is 0.506 e. The van der Waals surface area contributed by atoms with E-state index >= 15 is 0 Å². The third-order valence-electron chi connectivity index (χ3n) is 5.69. The van der Waals surface area contributed by atoms with Gasteiger partial charge in [-0.15, -0.1) is 0 Å². The van der Waals surface area contributed by atoms with Crippen molar-refractivity contribution < 1.29 is 5.11 Å². The van der Waals surface area contributed by atoms with Crippen LogP contribution in [-0.2, 0) is 13.0 Å². The molecule has 0 spiro atoms. The first-order valence-electron chi connectivity index (χ1n) is 10.2. The van der Waals surface area contributed by atoms with Crippen LogP contribution in [0.25, 0.3) is 6.08 Å². The average Bonchev–Trinajstić information content (AvgIpc) is 3.04. The molecule has 7 nitrogen and oxygen atoms in total.